The van der Waals surface area contributed by atoms with Crippen LogP contribution in [0.2, 0.25) is 0 Å². The maximum absolute atomic E-state index is 5.91. The highest BCUT2D eigenvalue weighted by atomic mass is 16.5. The van der Waals surface area contributed by atoms with E-state index in [0.29, 0.717) is 6.10 Å². The number of benzene rings is 1. The highest BCUT2D eigenvalue weighted by molar-refractivity contribution is 5.13. The Hall–Kier alpha value is -1.08. The van der Waals surface area contributed by atoms with Gasteiger partial charge in [-0.25, -0.2) is 0 Å². The van der Waals surface area contributed by atoms with E-state index in [2.05, 4.69) is 58.0 Å². The van der Waals surface area contributed by atoms with Crippen LogP contribution in [-0.4, -0.2) is 6.10 Å². The molecule has 19 heavy (non-hydrogen) atoms. The molecular formula is C18H28O. The van der Waals surface area contributed by atoms with Crippen molar-refractivity contribution in [3.05, 3.63) is 47.5 Å². The molecule has 2 unspecified atom stereocenters. The standard InChI is InChI=1S/C18H28O/c1-15(2)9-8-10-16(3)13-17(4)19-14-18-11-6-5-7-12-18/h5-7,9,11-12,16-17H,8,10,13-14H2,1-4H3. The molecule has 0 aliphatic carbocycles. The number of ether oxygens (including phenoxy) is 1. The van der Waals surface area contributed by atoms with Crippen molar-refractivity contribution in [2.24, 2.45) is 5.92 Å². The lowest BCUT2D eigenvalue weighted by Gasteiger charge is -2.17. The van der Waals surface area contributed by atoms with Crippen molar-refractivity contribution in [1.82, 2.24) is 0 Å². The molecule has 2 atom stereocenters. The summed E-state index contributed by atoms with van der Waals surface area (Å²) in [5, 5.41) is 0. The van der Waals surface area contributed by atoms with E-state index >= 15 is 0 Å². The fourth-order valence-corrected chi connectivity index (χ4v) is 2.22. The van der Waals surface area contributed by atoms with Crippen LogP contribution in [0.5, 0.6) is 0 Å². The van der Waals surface area contributed by atoms with Crippen LogP contribution in [-0.2, 0) is 11.3 Å². The Morgan fingerprint density at radius 3 is 2.47 bits per heavy atom. The molecule has 0 saturated heterocycles. The summed E-state index contributed by atoms with van der Waals surface area (Å²) >= 11 is 0. The summed E-state index contributed by atoms with van der Waals surface area (Å²) in [6.07, 6.45) is 6.25. The van der Waals surface area contributed by atoms with Crippen molar-refractivity contribution < 1.29 is 4.74 Å². The van der Waals surface area contributed by atoms with Gasteiger partial charge in [-0.1, -0.05) is 48.9 Å². The Balaban J connectivity index is 2.19. The molecule has 0 aromatic heterocycles. The van der Waals surface area contributed by atoms with Crippen LogP contribution in [0.3, 0.4) is 0 Å². The average molecular weight is 260 g/mol. The van der Waals surface area contributed by atoms with Gasteiger partial charge in [0.25, 0.3) is 0 Å². The summed E-state index contributed by atoms with van der Waals surface area (Å²) < 4.78 is 5.91. The molecule has 1 heteroatoms. The van der Waals surface area contributed by atoms with Crippen LogP contribution in [0.1, 0.15) is 52.5 Å². The highest BCUT2D eigenvalue weighted by Gasteiger charge is 2.08. The summed E-state index contributed by atoms with van der Waals surface area (Å²) in [7, 11) is 0. The third-order valence-electron chi connectivity index (χ3n) is 3.32. The van der Waals surface area contributed by atoms with Crippen molar-refractivity contribution >= 4 is 0 Å². The van der Waals surface area contributed by atoms with E-state index in [-0.39, 0.29) is 0 Å². The second-order valence-electron chi connectivity index (χ2n) is 5.81. The lowest BCUT2D eigenvalue weighted by atomic mass is 9.98. The molecule has 0 heterocycles. The maximum atomic E-state index is 5.91. The van der Waals surface area contributed by atoms with Crippen LogP contribution in [0.15, 0.2) is 42.0 Å². The van der Waals surface area contributed by atoms with Crippen molar-refractivity contribution in [1.29, 1.82) is 0 Å². The molecule has 0 N–H and O–H groups in total. The smallest absolute Gasteiger partial charge is 0.0720 e. The predicted molar refractivity (Wildman–Crippen MR) is 83.1 cm³/mol. The Labute approximate surface area is 118 Å². The average Bonchev–Trinajstić information content (AvgIpc) is 2.37. The second-order valence-corrected chi connectivity index (χ2v) is 5.81. The van der Waals surface area contributed by atoms with Crippen molar-refractivity contribution in [2.75, 3.05) is 0 Å². The molecule has 0 amide bonds. The Morgan fingerprint density at radius 1 is 1.16 bits per heavy atom. The lowest BCUT2D eigenvalue weighted by Crippen LogP contribution is -2.12. The summed E-state index contributed by atoms with van der Waals surface area (Å²) in [4.78, 5) is 0. The van der Waals surface area contributed by atoms with Crippen LogP contribution in [0.4, 0.5) is 0 Å². The number of allylic oxidation sites excluding steroid dienone is 2. The van der Waals surface area contributed by atoms with Crippen molar-refractivity contribution in [3.8, 4) is 0 Å². The van der Waals surface area contributed by atoms with Gasteiger partial charge in [0.2, 0.25) is 0 Å². The molecule has 0 saturated carbocycles. The van der Waals surface area contributed by atoms with E-state index < -0.39 is 0 Å². The summed E-state index contributed by atoms with van der Waals surface area (Å²) in [6, 6.07) is 10.4. The minimum atomic E-state index is 0.335. The van der Waals surface area contributed by atoms with E-state index in [0.717, 1.165) is 18.9 Å². The van der Waals surface area contributed by atoms with Gasteiger partial charge in [-0.3, -0.25) is 0 Å². The molecule has 1 aromatic carbocycles. The number of rotatable bonds is 8. The first kappa shape index (κ1) is 16.0. The highest BCUT2D eigenvalue weighted by Crippen LogP contribution is 2.16. The van der Waals surface area contributed by atoms with E-state index in [4.69, 9.17) is 4.74 Å². The Morgan fingerprint density at radius 2 is 1.84 bits per heavy atom. The second kappa shape index (κ2) is 8.92. The predicted octanol–water partition coefficient (Wildman–Crippen LogP) is 5.36. The normalized spacial score (nSPS) is 13.9. The molecule has 1 rings (SSSR count). The lowest BCUT2D eigenvalue weighted by molar-refractivity contribution is 0.0375. The molecule has 0 fully saturated rings. The van der Waals surface area contributed by atoms with Gasteiger partial charge in [0.1, 0.15) is 0 Å². The molecule has 0 radical (unpaired) electrons. The summed E-state index contributed by atoms with van der Waals surface area (Å²) in [5.74, 6) is 0.723. The van der Waals surface area contributed by atoms with Crippen molar-refractivity contribution in [2.45, 2.75) is 59.7 Å². The SMILES string of the molecule is CC(C)=CCCC(C)CC(C)OCc1ccccc1. The maximum Gasteiger partial charge on any atom is 0.0720 e. The monoisotopic (exact) mass is 260 g/mol. The molecule has 0 aliphatic heterocycles. The fourth-order valence-electron chi connectivity index (χ4n) is 2.22. The largest absolute Gasteiger partial charge is 0.374 e. The number of hydrogen-bond donors (Lipinski definition) is 0. The summed E-state index contributed by atoms with van der Waals surface area (Å²) in [5.41, 5.74) is 2.67. The van der Waals surface area contributed by atoms with Gasteiger partial charge in [-0.05, 0) is 51.5 Å². The first-order chi connectivity index (χ1) is 9.08. The molecule has 106 valence electrons. The molecule has 1 aromatic rings. The van der Waals surface area contributed by atoms with Gasteiger partial charge < -0.3 is 4.74 Å². The van der Waals surface area contributed by atoms with E-state index in [9.17, 15) is 0 Å². The van der Waals surface area contributed by atoms with Crippen LogP contribution >= 0.6 is 0 Å². The van der Waals surface area contributed by atoms with E-state index in [1.165, 1.54) is 24.0 Å². The van der Waals surface area contributed by atoms with Gasteiger partial charge in [-0.2, -0.15) is 0 Å². The van der Waals surface area contributed by atoms with Crippen LogP contribution < -0.4 is 0 Å². The molecule has 0 bridgehead atoms. The van der Waals surface area contributed by atoms with E-state index in [1.807, 2.05) is 6.07 Å². The third kappa shape index (κ3) is 7.84. The quantitative estimate of drug-likeness (QED) is 0.571. The van der Waals surface area contributed by atoms with Crippen LogP contribution in [0, 0.1) is 5.92 Å². The van der Waals surface area contributed by atoms with Gasteiger partial charge >= 0.3 is 0 Å². The van der Waals surface area contributed by atoms with Gasteiger partial charge in [0, 0.05) is 0 Å². The first-order valence-electron chi connectivity index (χ1n) is 7.36. The van der Waals surface area contributed by atoms with Crippen molar-refractivity contribution in [3.63, 3.8) is 0 Å². The van der Waals surface area contributed by atoms with Gasteiger partial charge in [0.05, 0.1) is 12.7 Å². The first-order valence-corrected chi connectivity index (χ1v) is 7.36. The zero-order valence-electron chi connectivity index (χ0n) is 12.9. The van der Waals surface area contributed by atoms with Crippen LogP contribution in [0.25, 0.3) is 0 Å². The zero-order chi connectivity index (χ0) is 14.1. The minimum Gasteiger partial charge on any atom is -0.374 e. The third-order valence-corrected chi connectivity index (χ3v) is 3.32. The zero-order valence-corrected chi connectivity index (χ0v) is 12.9. The van der Waals surface area contributed by atoms with Gasteiger partial charge in [-0.15, -0.1) is 0 Å². The Bertz CT molecular complexity index is 363. The molecular weight excluding hydrogens is 232 g/mol. The van der Waals surface area contributed by atoms with Gasteiger partial charge in [0.15, 0.2) is 0 Å². The minimum absolute atomic E-state index is 0.335. The topological polar surface area (TPSA) is 9.23 Å². The number of hydrogen-bond acceptors (Lipinski definition) is 1. The molecule has 1 nitrogen and oxygen atoms in total. The molecule has 0 aliphatic rings. The molecule has 0 spiro atoms. The van der Waals surface area contributed by atoms with E-state index in [1.54, 1.807) is 0 Å². The fraction of sp³-hybridized carbons (Fsp3) is 0.556. The Kier molecular flexibility index (Phi) is 7.50. The summed E-state index contributed by atoms with van der Waals surface area (Å²) in [6.45, 7) is 9.55.